The average molecular weight is 860 g/mol. The molecule has 0 N–H and O–H groups in total. The van der Waals surface area contributed by atoms with E-state index in [4.69, 9.17) is 18.5 Å². The summed E-state index contributed by atoms with van der Waals surface area (Å²) in [5, 5.41) is 0. The molecule has 0 aromatic rings. The second-order valence-corrected chi connectivity index (χ2v) is 20.0. The summed E-state index contributed by atoms with van der Waals surface area (Å²) in [6.07, 6.45) is 44.4. The first-order valence-electron chi connectivity index (χ1n) is 25.2. The number of ether oxygens (including phenoxy) is 2. The number of rotatable bonds is 47. The Labute approximate surface area is 365 Å². The van der Waals surface area contributed by atoms with Crippen LogP contribution in [0.3, 0.4) is 0 Å². The molecule has 2 atom stereocenters. The van der Waals surface area contributed by atoms with Crippen molar-refractivity contribution in [2.75, 3.05) is 47.5 Å². The van der Waals surface area contributed by atoms with Crippen molar-refractivity contribution in [3.8, 4) is 0 Å². The van der Waals surface area contributed by atoms with Gasteiger partial charge in [0.05, 0.1) is 27.7 Å². The highest BCUT2D eigenvalue weighted by molar-refractivity contribution is 7.45. The van der Waals surface area contributed by atoms with E-state index in [1.807, 2.05) is 21.1 Å². The van der Waals surface area contributed by atoms with Gasteiger partial charge in [0.2, 0.25) is 0 Å². The van der Waals surface area contributed by atoms with Crippen LogP contribution < -0.4 is 4.89 Å². The SMILES string of the molecule is CCCCCCCCCCCCCCCCCCCCCCCCCCCCC(=O)OC(COC(=O)CCCCCCCCCCC)COP(=O)([O-])OCC[N+](C)(C)C. The van der Waals surface area contributed by atoms with Crippen molar-refractivity contribution in [1.82, 2.24) is 0 Å². The van der Waals surface area contributed by atoms with E-state index in [9.17, 15) is 19.0 Å². The first-order chi connectivity index (χ1) is 28.5. The molecule has 0 fully saturated rings. The third-order valence-corrected chi connectivity index (χ3v) is 12.3. The Hall–Kier alpha value is -0.990. The quantitative estimate of drug-likeness (QED) is 0.0257. The highest BCUT2D eigenvalue weighted by atomic mass is 31.2. The van der Waals surface area contributed by atoms with Gasteiger partial charge in [-0.3, -0.25) is 14.2 Å². The Morgan fingerprint density at radius 1 is 0.458 bits per heavy atom. The first-order valence-corrected chi connectivity index (χ1v) is 26.7. The number of quaternary nitrogens is 1. The van der Waals surface area contributed by atoms with Crippen molar-refractivity contribution in [3.05, 3.63) is 0 Å². The number of carbonyl (C=O) groups excluding carboxylic acids is 2. The molecule has 0 saturated heterocycles. The van der Waals surface area contributed by atoms with Gasteiger partial charge in [-0.05, 0) is 12.8 Å². The third kappa shape index (κ3) is 46.3. The van der Waals surface area contributed by atoms with Crippen LogP contribution in [0.1, 0.15) is 251 Å². The molecule has 10 heteroatoms. The van der Waals surface area contributed by atoms with Crippen molar-refractivity contribution in [2.45, 2.75) is 258 Å². The zero-order valence-corrected chi connectivity index (χ0v) is 40.6. The molecule has 0 aromatic heterocycles. The monoisotopic (exact) mass is 860 g/mol. The molecule has 9 nitrogen and oxygen atoms in total. The molecule has 0 rings (SSSR count). The molecule has 352 valence electrons. The summed E-state index contributed by atoms with van der Waals surface area (Å²) in [4.78, 5) is 37.5. The Kier molecular flexibility index (Phi) is 41.6. The van der Waals surface area contributed by atoms with Crippen LogP contribution in [0.25, 0.3) is 0 Å². The Bertz CT molecular complexity index is 974. The zero-order chi connectivity index (χ0) is 43.6. The lowest BCUT2D eigenvalue weighted by Gasteiger charge is -2.28. The van der Waals surface area contributed by atoms with E-state index in [1.54, 1.807) is 0 Å². The number of likely N-dealkylation sites (N-methyl/N-ethyl adjacent to an activating group) is 1. The summed E-state index contributed by atoms with van der Waals surface area (Å²) in [5.74, 6) is -0.821. The maximum atomic E-state index is 12.7. The van der Waals surface area contributed by atoms with E-state index >= 15 is 0 Å². The lowest BCUT2D eigenvalue weighted by atomic mass is 10.0. The van der Waals surface area contributed by atoms with Crippen molar-refractivity contribution in [2.24, 2.45) is 0 Å². The van der Waals surface area contributed by atoms with Crippen molar-refractivity contribution in [3.63, 3.8) is 0 Å². The van der Waals surface area contributed by atoms with Gasteiger partial charge in [0, 0.05) is 12.8 Å². The number of hydrogen-bond donors (Lipinski definition) is 0. The van der Waals surface area contributed by atoms with Crippen LogP contribution in [0, 0.1) is 0 Å². The van der Waals surface area contributed by atoms with Gasteiger partial charge < -0.3 is 27.9 Å². The normalized spacial score (nSPS) is 13.4. The third-order valence-electron chi connectivity index (χ3n) is 11.4. The molecule has 0 radical (unpaired) electrons. The molecule has 0 heterocycles. The zero-order valence-electron chi connectivity index (χ0n) is 39.7. The molecule has 0 aliphatic carbocycles. The summed E-state index contributed by atoms with van der Waals surface area (Å²) in [6.45, 7) is 4.25. The van der Waals surface area contributed by atoms with Gasteiger partial charge in [-0.1, -0.05) is 226 Å². The Balaban J connectivity index is 4.03. The first kappa shape index (κ1) is 58.0. The highest BCUT2D eigenvalue weighted by Gasteiger charge is 2.21. The van der Waals surface area contributed by atoms with Crippen LogP contribution in [0.15, 0.2) is 0 Å². The van der Waals surface area contributed by atoms with Crippen molar-refractivity contribution in [1.29, 1.82) is 0 Å². The van der Waals surface area contributed by atoms with Gasteiger partial charge in [0.25, 0.3) is 7.82 Å². The fraction of sp³-hybridized carbons (Fsp3) is 0.959. The standard InChI is InChI=1S/C49H98NO8P/c1-6-8-10-12-14-16-17-18-19-20-21-22-23-24-25-26-27-28-29-30-31-32-34-36-38-40-42-49(52)58-47(46-57-59(53,54)56-44-43-50(3,4)5)45-55-48(51)41-39-37-35-33-15-13-11-9-7-2/h47H,6-46H2,1-5H3. The minimum absolute atomic E-state index is 0.0257. The molecule has 0 aliphatic heterocycles. The molecular weight excluding hydrogens is 762 g/mol. The number of esters is 2. The van der Waals surface area contributed by atoms with E-state index in [-0.39, 0.29) is 32.0 Å². The maximum absolute atomic E-state index is 12.7. The molecule has 0 bridgehead atoms. The topological polar surface area (TPSA) is 111 Å². The number of carbonyl (C=O) groups is 2. The summed E-state index contributed by atoms with van der Waals surface area (Å²) in [7, 11) is 1.18. The van der Waals surface area contributed by atoms with E-state index in [1.165, 1.54) is 186 Å². The molecular formula is C49H98NO8P. The van der Waals surface area contributed by atoms with Gasteiger partial charge in [-0.2, -0.15) is 0 Å². The van der Waals surface area contributed by atoms with Crippen LogP contribution >= 0.6 is 7.82 Å². The molecule has 59 heavy (non-hydrogen) atoms. The number of nitrogens with zero attached hydrogens (tertiary/aromatic N) is 1. The van der Waals surface area contributed by atoms with Crippen LogP contribution in [0.2, 0.25) is 0 Å². The lowest BCUT2D eigenvalue weighted by molar-refractivity contribution is -0.870. The van der Waals surface area contributed by atoms with E-state index in [0.717, 1.165) is 32.1 Å². The second-order valence-electron chi connectivity index (χ2n) is 18.6. The van der Waals surface area contributed by atoms with Crippen molar-refractivity contribution >= 4 is 19.8 Å². The van der Waals surface area contributed by atoms with Crippen LogP contribution in [-0.4, -0.2) is 70.0 Å². The predicted molar refractivity (Wildman–Crippen MR) is 245 cm³/mol. The number of phosphoric ester groups is 1. The molecule has 0 saturated carbocycles. The summed E-state index contributed by atoms with van der Waals surface area (Å²) in [6, 6.07) is 0. The average Bonchev–Trinajstić information content (AvgIpc) is 3.19. The lowest BCUT2D eigenvalue weighted by Crippen LogP contribution is -2.37. The number of hydrogen-bond acceptors (Lipinski definition) is 8. The van der Waals surface area contributed by atoms with Gasteiger partial charge in [0.15, 0.2) is 6.10 Å². The van der Waals surface area contributed by atoms with Crippen LogP contribution in [0.5, 0.6) is 0 Å². The van der Waals surface area contributed by atoms with Gasteiger partial charge in [0.1, 0.15) is 19.8 Å². The van der Waals surface area contributed by atoms with Gasteiger partial charge in [-0.15, -0.1) is 0 Å². The highest BCUT2D eigenvalue weighted by Crippen LogP contribution is 2.38. The molecule has 0 spiro atoms. The van der Waals surface area contributed by atoms with E-state index in [0.29, 0.717) is 17.4 Å². The fourth-order valence-electron chi connectivity index (χ4n) is 7.42. The van der Waals surface area contributed by atoms with Gasteiger partial charge in [-0.25, -0.2) is 0 Å². The Morgan fingerprint density at radius 3 is 1.08 bits per heavy atom. The molecule has 0 aromatic carbocycles. The van der Waals surface area contributed by atoms with Crippen LogP contribution in [0.4, 0.5) is 0 Å². The smallest absolute Gasteiger partial charge is 0.306 e. The minimum atomic E-state index is -4.62. The fourth-order valence-corrected chi connectivity index (χ4v) is 8.15. The molecule has 2 unspecified atom stereocenters. The number of phosphoric acid groups is 1. The van der Waals surface area contributed by atoms with Crippen molar-refractivity contribution < 1.29 is 42.1 Å². The summed E-state index contributed by atoms with van der Waals surface area (Å²) >= 11 is 0. The van der Waals surface area contributed by atoms with E-state index in [2.05, 4.69) is 13.8 Å². The molecule has 0 aliphatic rings. The van der Waals surface area contributed by atoms with E-state index < -0.39 is 26.5 Å². The second kappa shape index (κ2) is 42.3. The predicted octanol–water partition coefficient (Wildman–Crippen LogP) is 14.1. The summed E-state index contributed by atoms with van der Waals surface area (Å²) < 4.78 is 33.9. The minimum Gasteiger partial charge on any atom is -0.756 e. The van der Waals surface area contributed by atoms with Crippen LogP contribution in [-0.2, 0) is 32.7 Å². The Morgan fingerprint density at radius 2 is 0.763 bits per heavy atom. The summed E-state index contributed by atoms with van der Waals surface area (Å²) in [5.41, 5.74) is 0. The largest absolute Gasteiger partial charge is 0.756 e. The van der Waals surface area contributed by atoms with Gasteiger partial charge >= 0.3 is 11.9 Å². The number of unbranched alkanes of at least 4 members (excludes halogenated alkanes) is 33. The maximum Gasteiger partial charge on any atom is 0.306 e. The molecule has 0 amide bonds.